The molecule has 0 atom stereocenters. The molecule has 0 heterocycles. The van der Waals surface area contributed by atoms with Crippen molar-refractivity contribution in [2.45, 2.75) is 6.42 Å². The van der Waals surface area contributed by atoms with E-state index in [9.17, 15) is 19.8 Å². The number of carbonyl (C=O) groups is 2. The van der Waals surface area contributed by atoms with Crippen molar-refractivity contribution < 1.29 is 28.7 Å². The van der Waals surface area contributed by atoms with E-state index in [1.807, 2.05) is 0 Å². The average molecular weight is 421 g/mol. The van der Waals surface area contributed by atoms with Crippen LogP contribution in [-0.4, -0.2) is 28.9 Å². The molecule has 0 aromatic heterocycles. The molecule has 0 aliphatic carbocycles. The van der Waals surface area contributed by atoms with Gasteiger partial charge in [0.1, 0.15) is 0 Å². The first-order valence-electron chi connectivity index (χ1n) is 8.00. The van der Waals surface area contributed by atoms with E-state index in [0.29, 0.717) is 28.1 Å². The van der Waals surface area contributed by atoms with Gasteiger partial charge >= 0.3 is 0 Å². The molecule has 146 valence electrons. The summed E-state index contributed by atoms with van der Waals surface area (Å²) in [4.78, 5) is 23.9. The largest absolute Gasteiger partial charge is 0.504 e. The summed E-state index contributed by atoms with van der Waals surface area (Å²) < 4.78 is 9.97. The second kappa shape index (κ2) is 10.4. The minimum Gasteiger partial charge on any atom is -0.504 e. The first kappa shape index (κ1) is 21.4. The third kappa shape index (κ3) is 6.37. The minimum absolute atomic E-state index is 0.00118. The van der Waals surface area contributed by atoms with Gasteiger partial charge in [-0.1, -0.05) is 24.3 Å². The highest BCUT2D eigenvalue weighted by molar-refractivity contribution is 8.17. The molecule has 2 aromatic rings. The lowest BCUT2D eigenvalue weighted by molar-refractivity contribution is -0.121. The number of phenols is 2. The lowest BCUT2D eigenvalue weighted by atomic mass is 10.1. The molecule has 0 bridgehead atoms. The third-order valence-corrected chi connectivity index (χ3v) is 4.01. The van der Waals surface area contributed by atoms with Crippen LogP contribution in [0.5, 0.6) is 23.0 Å². The van der Waals surface area contributed by atoms with Crippen LogP contribution in [0.25, 0.3) is 12.2 Å². The van der Waals surface area contributed by atoms with Crippen molar-refractivity contribution in [3.63, 3.8) is 0 Å². The highest BCUT2D eigenvalue weighted by Crippen LogP contribution is 2.31. The summed E-state index contributed by atoms with van der Waals surface area (Å²) in [5, 5.41) is 19.2. The summed E-state index contributed by atoms with van der Waals surface area (Å²) in [6, 6.07) is 9.15. The van der Waals surface area contributed by atoms with E-state index < -0.39 is 0 Å². The standard InChI is InChI=1S/C20H17ClO6S/c1-26-19-10-13(4-8-17(19)24)2-6-15(22)12-16(23)7-3-14-5-9-18(25)20(11-14)27-28-21/h2-11,24-25H,12H2,1H3/b6-2+,7-3+. The highest BCUT2D eigenvalue weighted by atomic mass is 35.7. The lowest BCUT2D eigenvalue weighted by Crippen LogP contribution is -2.01. The SMILES string of the molecule is COc1cc(/C=C/C(=O)CC(=O)/C=C/c2ccc(O)c(OSCl)c2)ccc1O. The van der Waals surface area contributed by atoms with Gasteiger partial charge in [0.2, 0.25) is 0 Å². The number of phenolic OH excluding ortho intramolecular Hbond substituents is 2. The fourth-order valence-corrected chi connectivity index (χ4v) is 2.61. The molecule has 2 N–H and O–H groups in total. The number of rotatable bonds is 9. The molecule has 0 fully saturated rings. The number of aromatic hydroxyl groups is 2. The molecule has 8 heteroatoms. The monoisotopic (exact) mass is 420 g/mol. The molecule has 2 rings (SSSR count). The topological polar surface area (TPSA) is 93.1 Å². The van der Waals surface area contributed by atoms with Crippen molar-refractivity contribution in [1.29, 1.82) is 0 Å². The van der Waals surface area contributed by atoms with Gasteiger partial charge in [-0.05, 0) is 47.5 Å². The Labute approximate surface area is 170 Å². The zero-order chi connectivity index (χ0) is 20.5. The summed E-state index contributed by atoms with van der Waals surface area (Å²) >= 11 is 0.564. The van der Waals surface area contributed by atoms with Gasteiger partial charge in [0.05, 0.1) is 13.5 Å². The first-order valence-corrected chi connectivity index (χ1v) is 9.57. The highest BCUT2D eigenvalue weighted by Gasteiger charge is 2.06. The number of halogens is 1. The van der Waals surface area contributed by atoms with Crippen LogP contribution in [0.15, 0.2) is 48.6 Å². The van der Waals surface area contributed by atoms with Crippen molar-refractivity contribution in [1.82, 2.24) is 0 Å². The molecule has 0 radical (unpaired) electrons. The Morgan fingerprint density at radius 3 is 1.96 bits per heavy atom. The van der Waals surface area contributed by atoms with Gasteiger partial charge in [0.25, 0.3) is 0 Å². The predicted octanol–water partition coefficient (Wildman–Crippen LogP) is 4.54. The summed E-state index contributed by atoms with van der Waals surface area (Å²) in [5.41, 5.74) is 1.26. The molecule has 0 aliphatic rings. The summed E-state index contributed by atoms with van der Waals surface area (Å²) in [7, 11) is 6.82. The molecular weight excluding hydrogens is 404 g/mol. The van der Waals surface area contributed by atoms with Crippen LogP contribution in [0.1, 0.15) is 17.5 Å². The van der Waals surface area contributed by atoms with E-state index in [-0.39, 0.29) is 35.2 Å². The molecule has 2 aromatic carbocycles. The number of hydrogen-bond donors (Lipinski definition) is 2. The Hall–Kier alpha value is -2.90. The molecule has 0 saturated carbocycles. The number of ketones is 2. The molecule has 6 nitrogen and oxygen atoms in total. The van der Waals surface area contributed by atoms with Gasteiger partial charge in [-0.15, -0.1) is 0 Å². The minimum atomic E-state index is -0.375. The maximum atomic E-state index is 12.0. The quantitative estimate of drug-likeness (QED) is 0.349. The van der Waals surface area contributed by atoms with Crippen molar-refractivity contribution in [2.24, 2.45) is 0 Å². The van der Waals surface area contributed by atoms with Crippen LogP contribution >= 0.6 is 21.9 Å². The summed E-state index contributed by atoms with van der Waals surface area (Å²) in [6.07, 6.45) is 5.33. The fraction of sp³-hybridized carbons (Fsp3) is 0.100. The van der Waals surface area contributed by atoms with Crippen molar-refractivity contribution in [3.05, 3.63) is 59.7 Å². The van der Waals surface area contributed by atoms with E-state index >= 15 is 0 Å². The van der Waals surface area contributed by atoms with E-state index in [0.717, 1.165) is 0 Å². The predicted molar refractivity (Wildman–Crippen MR) is 110 cm³/mol. The fourth-order valence-electron chi connectivity index (χ4n) is 2.20. The molecular formula is C20H17ClO6S. The Bertz CT molecular complexity index is 923. The second-order valence-corrected chi connectivity index (χ2v) is 6.25. The zero-order valence-electron chi connectivity index (χ0n) is 14.8. The van der Waals surface area contributed by atoms with E-state index in [1.54, 1.807) is 18.2 Å². The van der Waals surface area contributed by atoms with Crippen LogP contribution in [0.4, 0.5) is 0 Å². The Morgan fingerprint density at radius 2 is 1.46 bits per heavy atom. The smallest absolute Gasteiger partial charge is 0.181 e. The van der Waals surface area contributed by atoms with E-state index in [4.69, 9.17) is 19.6 Å². The number of methoxy groups -OCH3 is 1. The van der Waals surface area contributed by atoms with Crippen LogP contribution < -0.4 is 8.92 Å². The van der Waals surface area contributed by atoms with Gasteiger partial charge in [-0.2, -0.15) is 0 Å². The number of carbonyl (C=O) groups excluding carboxylic acids is 2. The van der Waals surface area contributed by atoms with Gasteiger partial charge in [-0.3, -0.25) is 9.59 Å². The summed E-state index contributed by atoms with van der Waals surface area (Å²) in [5.74, 6) is -0.368. The zero-order valence-corrected chi connectivity index (χ0v) is 16.4. The lowest BCUT2D eigenvalue weighted by Gasteiger charge is -2.03. The van der Waals surface area contributed by atoms with Crippen LogP contribution in [0, 0.1) is 0 Å². The van der Waals surface area contributed by atoms with E-state index in [1.165, 1.54) is 49.6 Å². The normalized spacial score (nSPS) is 11.1. The third-order valence-electron chi connectivity index (χ3n) is 3.58. The summed E-state index contributed by atoms with van der Waals surface area (Å²) in [6.45, 7) is 0. The number of benzene rings is 2. The molecule has 28 heavy (non-hydrogen) atoms. The van der Waals surface area contributed by atoms with Crippen molar-refractivity contribution in [2.75, 3.05) is 7.11 Å². The Kier molecular flexibility index (Phi) is 7.98. The second-order valence-electron chi connectivity index (χ2n) is 5.58. The first-order chi connectivity index (χ1) is 13.4. The average Bonchev–Trinajstić information content (AvgIpc) is 2.68. The van der Waals surface area contributed by atoms with Gasteiger partial charge in [-0.25, -0.2) is 0 Å². The molecule has 0 saturated heterocycles. The molecule has 0 spiro atoms. The van der Waals surface area contributed by atoms with Crippen LogP contribution in [0.2, 0.25) is 0 Å². The number of hydrogen-bond acceptors (Lipinski definition) is 7. The van der Waals surface area contributed by atoms with Gasteiger partial charge in [0.15, 0.2) is 45.8 Å². The van der Waals surface area contributed by atoms with Gasteiger partial charge < -0.3 is 19.1 Å². The van der Waals surface area contributed by atoms with Crippen LogP contribution in [-0.2, 0) is 9.59 Å². The maximum absolute atomic E-state index is 12.0. The number of allylic oxidation sites excluding steroid dienone is 2. The molecule has 0 aliphatic heterocycles. The number of ether oxygens (including phenoxy) is 1. The van der Waals surface area contributed by atoms with Gasteiger partial charge in [0, 0.05) is 10.7 Å². The molecule has 0 amide bonds. The van der Waals surface area contributed by atoms with Crippen LogP contribution in [0.3, 0.4) is 0 Å². The van der Waals surface area contributed by atoms with Crippen molar-refractivity contribution >= 4 is 45.7 Å². The molecule has 0 unspecified atom stereocenters. The maximum Gasteiger partial charge on any atom is 0.181 e. The Balaban J connectivity index is 1.96. The Morgan fingerprint density at radius 1 is 0.964 bits per heavy atom. The van der Waals surface area contributed by atoms with Crippen molar-refractivity contribution in [3.8, 4) is 23.0 Å². The van der Waals surface area contributed by atoms with E-state index in [2.05, 4.69) is 0 Å².